The number of carbonyl (C=O) groups excluding carboxylic acids is 2. The summed E-state index contributed by atoms with van der Waals surface area (Å²) in [7, 11) is 0. The zero-order chi connectivity index (χ0) is 25.1. The van der Waals surface area contributed by atoms with Crippen LogP contribution in [0.15, 0.2) is 36.9 Å². The predicted molar refractivity (Wildman–Crippen MR) is 136 cm³/mol. The number of anilines is 4. The first-order valence-electron chi connectivity index (χ1n) is 12.4. The number of carbonyl (C=O) groups is 2. The summed E-state index contributed by atoms with van der Waals surface area (Å²) < 4.78 is 20.9. The minimum absolute atomic E-state index is 0.0792. The minimum Gasteiger partial charge on any atom is -0.378 e. The molecule has 36 heavy (non-hydrogen) atoms. The maximum atomic E-state index is 15.4. The summed E-state index contributed by atoms with van der Waals surface area (Å²) in [5, 5.41) is 9.13. The normalized spacial score (nSPS) is 19.8. The fraction of sp³-hybridized carbons (Fsp3) is 0.423. The second kappa shape index (κ2) is 10.5. The molecular weight excluding hydrogens is 463 g/mol. The van der Waals surface area contributed by atoms with Gasteiger partial charge >= 0.3 is 0 Å². The monoisotopic (exact) mass is 494 g/mol. The molecule has 2 saturated heterocycles. The number of likely N-dealkylation sites (tertiary alicyclic amines) is 1. The average molecular weight is 495 g/mol. The lowest BCUT2D eigenvalue weighted by molar-refractivity contribution is -0.126. The Labute approximate surface area is 209 Å². The van der Waals surface area contributed by atoms with Crippen LogP contribution < -0.4 is 20.9 Å². The number of fused-ring (bicyclic) bond motifs is 1. The summed E-state index contributed by atoms with van der Waals surface area (Å²) in [6, 6.07) is 7.70. The van der Waals surface area contributed by atoms with Gasteiger partial charge in [0.1, 0.15) is 5.82 Å². The molecule has 9 nitrogen and oxygen atoms in total. The van der Waals surface area contributed by atoms with Crippen molar-refractivity contribution < 1.29 is 18.7 Å². The third kappa shape index (κ3) is 4.99. The van der Waals surface area contributed by atoms with Crippen LogP contribution in [0.4, 0.5) is 27.4 Å². The number of ether oxygens (including phenoxy) is 1. The number of pyridine rings is 1. The van der Waals surface area contributed by atoms with Gasteiger partial charge in [0, 0.05) is 55.7 Å². The highest BCUT2D eigenvalue weighted by molar-refractivity contribution is 6.03. The molecule has 4 heterocycles. The molecule has 0 bridgehead atoms. The van der Waals surface area contributed by atoms with Gasteiger partial charge in [-0.25, -0.2) is 9.37 Å². The van der Waals surface area contributed by atoms with E-state index in [0.29, 0.717) is 32.1 Å². The Morgan fingerprint density at radius 3 is 2.69 bits per heavy atom. The predicted octanol–water partition coefficient (Wildman–Crippen LogP) is 3.02. The smallest absolute Gasteiger partial charge is 0.255 e. The van der Waals surface area contributed by atoms with E-state index < -0.39 is 5.82 Å². The molecule has 2 amide bonds. The molecule has 1 aromatic carbocycles. The maximum absolute atomic E-state index is 15.4. The lowest BCUT2D eigenvalue weighted by atomic mass is 10.1. The molecule has 0 unspecified atom stereocenters. The molecule has 5 rings (SSSR count). The fourth-order valence-corrected chi connectivity index (χ4v) is 4.96. The van der Waals surface area contributed by atoms with E-state index in [-0.39, 0.29) is 41.3 Å². The summed E-state index contributed by atoms with van der Waals surface area (Å²) in [4.78, 5) is 33.2. The Balaban J connectivity index is 1.39. The number of morpholine rings is 1. The number of hydrogen-bond acceptors (Lipinski definition) is 7. The summed E-state index contributed by atoms with van der Waals surface area (Å²) in [6.45, 7) is 7.86. The highest BCUT2D eigenvalue weighted by Gasteiger charge is 2.31. The Hall–Kier alpha value is -3.66. The summed E-state index contributed by atoms with van der Waals surface area (Å²) in [5.41, 5.74) is 2.35. The number of benzene rings is 1. The van der Waals surface area contributed by atoms with E-state index in [1.165, 1.54) is 6.08 Å². The molecule has 3 aliphatic rings. The van der Waals surface area contributed by atoms with Gasteiger partial charge in [0.2, 0.25) is 5.91 Å². The van der Waals surface area contributed by atoms with Gasteiger partial charge in [0.05, 0.1) is 18.8 Å². The van der Waals surface area contributed by atoms with E-state index >= 15 is 4.39 Å². The quantitative estimate of drug-likeness (QED) is 0.531. The molecule has 0 radical (unpaired) electrons. The van der Waals surface area contributed by atoms with E-state index in [4.69, 9.17) is 4.74 Å². The number of halogens is 1. The van der Waals surface area contributed by atoms with Crippen LogP contribution in [-0.2, 0) is 16.1 Å². The second-order valence-electron chi connectivity index (χ2n) is 9.26. The van der Waals surface area contributed by atoms with Gasteiger partial charge in [0.15, 0.2) is 11.6 Å². The molecule has 10 heteroatoms. The van der Waals surface area contributed by atoms with Crippen molar-refractivity contribution in [3.63, 3.8) is 0 Å². The van der Waals surface area contributed by atoms with Gasteiger partial charge in [0.25, 0.3) is 5.91 Å². The first-order chi connectivity index (χ1) is 17.5. The van der Waals surface area contributed by atoms with Crippen molar-refractivity contribution >= 4 is 34.8 Å². The van der Waals surface area contributed by atoms with Crippen molar-refractivity contribution in [2.45, 2.75) is 31.8 Å². The van der Waals surface area contributed by atoms with Crippen LogP contribution in [0.3, 0.4) is 0 Å². The van der Waals surface area contributed by atoms with Crippen molar-refractivity contribution in [1.29, 1.82) is 0 Å². The van der Waals surface area contributed by atoms with Crippen LogP contribution in [-0.4, -0.2) is 67.1 Å². The van der Waals surface area contributed by atoms with Crippen LogP contribution >= 0.6 is 0 Å². The van der Waals surface area contributed by atoms with Crippen LogP contribution in [0.5, 0.6) is 0 Å². The first-order valence-corrected chi connectivity index (χ1v) is 12.4. The van der Waals surface area contributed by atoms with Crippen LogP contribution in [0, 0.1) is 5.82 Å². The molecule has 0 spiro atoms. The molecule has 2 fully saturated rings. The van der Waals surface area contributed by atoms with Gasteiger partial charge in [-0.2, -0.15) is 0 Å². The number of aromatic nitrogens is 1. The van der Waals surface area contributed by atoms with E-state index in [9.17, 15) is 9.59 Å². The van der Waals surface area contributed by atoms with Crippen LogP contribution in [0.2, 0.25) is 0 Å². The molecule has 3 aliphatic heterocycles. The third-order valence-corrected chi connectivity index (χ3v) is 6.89. The van der Waals surface area contributed by atoms with Crippen molar-refractivity contribution in [2.75, 3.05) is 54.9 Å². The Morgan fingerprint density at radius 2 is 1.94 bits per heavy atom. The molecule has 1 aromatic heterocycles. The highest BCUT2D eigenvalue weighted by Crippen LogP contribution is 2.32. The number of rotatable bonds is 6. The first kappa shape index (κ1) is 24.1. The van der Waals surface area contributed by atoms with Crippen LogP contribution in [0.1, 0.15) is 35.2 Å². The number of amides is 2. The highest BCUT2D eigenvalue weighted by atomic mass is 19.1. The van der Waals surface area contributed by atoms with Gasteiger partial charge in [-0.3, -0.25) is 9.59 Å². The lowest BCUT2D eigenvalue weighted by Gasteiger charge is -2.29. The molecule has 3 N–H and O–H groups in total. The topological polar surface area (TPSA) is 98.8 Å². The van der Waals surface area contributed by atoms with E-state index in [2.05, 4.69) is 32.4 Å². The molecule has 190 valence electrons. The van der Waals surface area contributed by atoms with E-state index in [0.717, 1.165) is 43.7 Å². The van der Waals surface area contributed by atoms with Crippen molar-refractivity contribution in [1.82, 2.24) is 15.2 Å². The second-order valence-corrected chi connectivity index (χ2v) is 9.26. The van der Waals surface area contributed by atoms with Crippen molar-refractivity contribution in [3.8, 4) is 0 Å². The fourth-order valence-electron chi connectivity index (χ4n) is 4.96. The molecule has 0 saturated carbocycles. The third-order valence-electron chi connectivity index (χ3n) is 6.89. The Bertz CT molecular complexity index is 1150. The van der Waals surface area contributed by atoms with Gasteiger partial charge < -0.3 is 30.5 Å². The average Bonchev–Trinajstić information content (AvgIpc) is 3.15. The van der Waals surface area contributed by atoms with Gasteiger partial charge in [-0.05, 0) is 49.6 Å². The number of nitrogens with zero attached hydrogens (tertiary/aromatic N) is 3. The van der Waals surface area contributed by atoms with E-state index in [1.54, 1.807) is 4.90 Å². The summed E-state index contributed by atoms with van der Waals surface area (Å²) >= 11 is 0. The molecule has 2 aromatic rings. The van der Waals surface area contributed by atoms with Gasteiger partial charge in [-0.1, -0.05) is 6.58 Å². The van der Waals surface area contributed by atoms with Gasteiger partial charge in [-0.15, -0.1) is 0 Å². The zero-order valence-corrected chi connectivity index (χ0v) is 20.2. The summed E-state index contributed by atoms with van der Waals surface area (Å²) in [5.74, 6) is -0.648. The molecule has 1 atom stereocenters. The lowest BCUT2D eigenvalue weighted by Crippen LogP contribution is -2.38. The van der Waals surface area contributed by atoms with Crippen LogP contribution in [0.25, 0.3) is 0 Å². The number of nitrogens with one attached hydrogen (secondary N) is 3. The Kier molecular flexibility index (Phi) is 7.04. The molecule has 0 aliphatic carbocycles. The molecular formula is C26H31FN6O3. The van der Waals surface area contributed by atoms with E-state index in [1.807, 2.05) is 24.3 Å². The standard InChI is InChI=1S/C26H31FN6O3/c1-2-21(34)33-10-4-3-5-18(16-33)30-25-23(27)20-15-28-26(35)22(20)24(31-25)29-17-6-8-19(9-7-17)32-11-13-36-14-12-32/h2,6-9,18H,1,3-5,10-16H2,(H,28,35)(H2,29,30,31)/t18-/m1/s1. The SMILES string of the molecule is C=CC(=O)N1CCCC[C@@H](Nc2nc(Nc3ccc(N4CCOCC4)cc3)c3c(c2F)CNC3=O)C1. The Morgan fingerprint density at radius 1 is 1.17 bits per heavy atom. The largest absolute Gasteiger partial charge is 0.378 e. The number of hydrogen-bond donors (Lipinski definition) is 3. The zero-order valence-electron chi connectivity index (χ0n) is 20.2. The summed E-state index contributed by atoms with van der Waals surface area (Å²) in [6.07, 6.45) is 3.87. The van der Waals surface area contributed by atoms with Crippen molar-refractivity contribution in [2.24, 2.45) is 0 Å². The minimum atomic E-state index is -0.539. The maximum Gasteiger partial charge on any atom is 0.255 e. The van der Waals surface area contributed by atoms with Crippen molar-refractivity contribution in [3.05, 3.63) is 53.9 Å².